The van der Waals surface area contributed by atoms with E-state index in [2.05, 4.69) is 9.97 Å². The average Bonchev–Trinajstić information content (AvgIpc) is 3.43. The van der Waals surface area contributed by atoms with Gasteiger partial charge in [0.15, 0.2) is 0 Å². The van der Waals surface area contributed by atoms with E-state index in [1.54, 1.807) is 11.4 Å². The molecule has 0 spiro atoms. The molecule has 2 heterocycles. The molecule has 2 fully saturated rings. The van der Waals surface area contributed by atoms with Gasteiger partial charge in [-0.2, -0.15) is 13.2 Å². The van der Waals surface area contributed by atoms with Crippen molar-refractivity contribution in [3.8, 4) is 0 Å². The number of hydrogen-bond acceptors (Lipinski definition) is 4. The Balaban J connectivity index is 1.32. The molecule has 3 aliphatic rings. The van der Waals surface area contributed by atoms with Gasteiger partial charge in [-0.15, -0.1) is 0 Å². The highest BCUT2D eigenvalue weighted by molar-refractivity contribution is 5.99. The molecule has 172 valence electrons. The van der Waals surface area contributed by atoms with Crippen molar-refractivity contribution >= 4 is 28.3 Å². The number of fused-ring (bicyclic) bond motifs is 4. The number of hydrogen-bond donors (Lipinski definition) is 1. The van der Waals surface area contributed by atoms with Crippen molar-refractivity contribution in [1.29, 1.82) is 0 Å². The van der Waals surface area contributed by atoms with Crippen molar-refractivity contribution in [3.05, 3.63) is 70.9 Å². The topological polar surface area (TPSA) is 76.5 Å². The first kappa shape index (κ1) is 19.7. The van der Waals surface area contributed by atoms with E-state index >= 15 is 4.39 Å². The number of nitrogen functional groups attached to an aromatic ring is 1. The Bertz CT molecular complexity index is 1580. The minimum atomic E-state index is -4.43. The van der Waals surface area contributed by atoms with Gasteiger partial charge in [-0.25, -0.2) is 14.4 Å². The van der Waals surface area contributed by atoms with Crippen LogP contribution in [-0.4, -0.2) is 32.2 Å². The van der Waals surface area contributed by atoms with E-state index in [9.17, 15) is 18.0 Å². The SMILES string of the molecule is CN(C(=O)c1cc2c(cc1F)nc(N)c1cncn12)[C@H]1c2ccc(C(F)(F)F)cc2C23CC12C3. The second-order valence-electron chi connectivity index (χ2n) is 9.68. The lowest BCUT2D eigenvalue weighted by atomic mass is 9.87. The first-order chi connectivity index (χ1) is 16.1. The predicted octanol–water partition coefficient (Wildman–Crippen LogP) is 4.48. The Morgan fingerprint density at radius 2 is 1.97 bits per heavy atom. The number of aromatic nitrogens is 3. The summed E-state index contributed by atoms with van der Waals surface area (Å²) in [5, 5.41) is 0. The highest BCUT2D eigenvalue weighted by Crippen LogP contribution is 2.94. The summed E-state index contributed by atoms with van der Waals surface area (Å²) in [5.41, 5.74) is 7.27. The maximum absolute atomic E-state index is 15.1. The monoisotopic (exact) mass is 467 g/mol. The average molecular weight is 467 g/mol. The van der Waals surface area contributed by atoms with Crippen molar-refractivity contribution in [2.75, 3.05) is 12.8 Å². The number of carbonyl (C=O) groups is 1. The van der Waals surface area contributed by atoms with Crippen LogP contribution in [0.3, 0.4) is 0 Å². The quantitative estimate of drug-likeness (QED) is 0.441. The lowest BCUT2D eigenvalue weighted by molar-refractivity contribution is -0.137. The molecule has 10 heteroatoms. The molecule has 3 aliphatic carbocycles. The molecule has 0 aliphatic heterocycles. The van der Waals surface area contributed by atoms with Gasteiger partial charge < -0.3 is 10.6 Å². The van der Waals surface area contributed by atoms with Crippen LogP contribution in [0, 0.1) is 11.2 Å². The summed E-state index contributed by atoms with van der Waals surface area (Å²) >= 11 is 0. The van der Waals surface area contributed by atoms with Crippen LogP contribution >= 0.6 is 0 Å². The largest absolute Gasteiger partial charge is 0.416 e. The van der Waals surface area contributed by atoms with Gasteiger partial charge in [0.05, 0.1) is 40.7 Å². The zero-order valence-corrected chi connectivity index (χ0v) is 17.8. The minimum absolute atomic E-state index is 0.139. The number of halogens is 4. The molecular weight excluding hydrogens is 450 g/mol. The van der Waals surface area contributed by atoms with E-state index in [0.717, 1.165) is 18.9 Å². The normalized spacial score (nSPS) is 26.3. The van der Waals surface area contributed by atoms with E-state index in [0.29, 0.717) is 22.2 Å². The van der Waals surface area contributed by atoms with Crippen molar-refractivity contribution in [2.45, 2.75) is 30.5 Å². The number of nitrogens with two attached hydrogens (primary N) is 1. The van der Waals surface area contributed by atoms with Gasteiger partial charge in [-0.3, -0.25) is 9.20 Å². The Morgan fingerprint density at radius 3 is 2.71 bits per heavy atom. The maximum Gasteiger partial charge on any atom is 0.416 e. The number of amides is 1. The fourth-order valence-corrected chi connectivity index (χ4v) is 6.28. The summed E-state index contributed by atoms with van der Waals surface area (Å²) in [5.74, 6) is -1.08. The molecule has 1 amide bonds. The molecule has 2 saturated carbocycles. The van der Waals surface area contributed by atoms with Crippen LogP contribution in [0.1, 0.15) is 45.9 Å². The highest BCUT2D eigenvalue weighted by atomic mass is 19.4. The molecule has 0 radical (unpaired) electrons. The van der Waals surface area contributed by atoms with Crippen LogP contribution in [-0.2, 0) is 11.6 Å². The van der Waals surface area contributed by atoms with Gasteiger partial charge >= 0.3 is 6.18 Å². The first-order valence-electron chi connectivity index (χ1n) is 10.8. The summed E-state index contributed by atoms with van der Waals surface area (Å²) in [4.78, 5) is 23.3. The van der Waals surface area contributed by atoms with E-state index < -0.39 is 29.5 Å². The fourth-order valence-electron chi connectivity index (χ4n) is 6.28. The second-order valence-corrected chi connectivity index (χ2v) is 9.68. The van der Waals surface area contributed by atoms with E-state index in [-0.39, 0.29) is 27.7 Å². The molecule has 2 aromatic carbocycles. The number of rotatable bonds is 2. The number of imidazole rings is 1. The van der Waals surface area contributed by atoms with Gasteiger partial charge in [0.2, 0.25) is 0 Å². The molecule has 1 atom stereocenters. The van der Waals surface area contributed by atoms with Gasteiger partial charge in [0, 0.05) is 23.9 Å². The van der Waals surface area contributed by atoms with Crippen molar-refractivity contribution in [2.24, 2.45) is 5.41 Å². The predicted molar refractivity (Wildman–Crippen MR) is 114 cm³/mol. The molecule has 0 saturated heterocycles. The number of nitrogens with zero attached hydrogens (tertiary/aromatic N) is 4. The Kier molecular flexibility index (Phi) is 3.30. The zero-order chi connectivity index (χ0) is 23.8. The summed E-state index contributed by atoms with van der Waals surface area (Å²) < 4.78 is 56.6. The summed E-state index contributed by atoms with van der Waals surface area (Å²) in [7, 11) is 1.59. The Hall–Kier alpha value is -3.69. The van der Waals surface area contributed by atoms with E-state index in [1.807, 2.05) is 0 Å². The van der Waals surface area contributed by atoms with Crippen molar-refractivity contribution in [3.63, 3.8) is 0 Å². The number of alkyl halides is 3. The minimum Gasteiger partial charge on any atom is -0.382 e. The third-order valence-corrected chi connectivity index (χ3v) is 8.06. The molecule has 6 nitrogen and oxygen atoms in total. The zero-order valence-electron chi connectivity index (χ0n) is 17.8. The lowest BCUT2D eigenvalue weighted by Gasteiger charge is -2.32. The van der Waals surface area contributed by atoms with E-state index in [4.69, 9.17) is 5.73 Å². The molecule has 7 rings (SSSR count). The third kappa shape index (κ3) is 2.18. The number of carbonyl (C=O) groups excluding carboxylic acids is 1. The Morgan fingerprint density at radius 1 is 1.21 bits per heavy atom. The summed E-state index contributed by atoms with van der Waals surface area (Å²) in [6.07, 6.45) is 0.106. The van der Waals surface area contributed by atoms with Gasteiger partial charge in [0.25, 0.3) is 5.91 Å². The summed E-state index contributed by atoms with van der Waals surface area (Å²) in [6.45, 7) is 0. The smallest absolute Gasteiger partial charge is 0.382 e. The maximum atomic E-state index is 15.1. The van der Waals surface area contributed by atoms with Gasteiger partial charge in [-0.1, -0.05) is 6.07 Å². The second kappa shape index (κ2) is 5.68. The van der Waals surface area contributed by atoms with Crippen LogP contribution in [0.5, 0.6) is 0 Å². The summed E-state index contributed by atoms with van der Waals surface area (Å²) in [6, 6.07) is 5.96. The van der Waals surface area contributed by atoms with Crippen LogP contribution < -0.4 is 5.73 Å². The molecular formula is C24H17F4N5O. The molecule has 0 bridgehead atoms. The standard InChI is InChI=1S/C24H17F4N5O/c1-32(19-12-3-2-11(24(26,27)28)4-14(12)22-8-23(19,22)9-22)21(34)13-5-17-16(6-15(13)25)31-20(29)18-7-30-10-33(17)18/h2-7,10,19H,8-9H2,1H3,(H2,29,31)/t19-,22?,23?/m0/s1. The molecule has 4 aromatic rings. The van der Waals surface area contributed by atoms with Crippen LogP contribution in [0.2, 0.25) is 0 Å². The highest BCUT2D eigenvalue weighted by Gasteiger charge is 2.90. The van der Waals surface area contributed by atoms with Gasteiger partial charge in [-0.05, 0) is 42.2 Å². The molecule has 0 unspecified atom stereocenters. The number of anilines is 1. The Labute approximate surface area is 190 Å². The van der Waals surface area contributed by atoms with Crippen molar-refractivity contribution in [1.82, 2.24) is 19.3 Å². The third-order valence-electron chi connectivity index (χ3n) is 8.06. The fraction of sp³-hybridized carbons (Fsp3) is 0.292. The van der Waals surface area contributed by atoms with E-state index in [1.165, 1.54) is 41.7 Å². The van der Waals surface area contributed by atoms with Crippen molar-refractivity contribution < 1.29 is 22.4 Å². The molecule has 34 heavy (non-hydrogen) atoms. The molecule has 2 aromatic heterocycles. The van der Waals surface area contributed by atoms with Crippen LogP contribution in [0.25, 0.3) is 16.6 Å². The van der Waals surface area contributed by atoms with Crippen LogP contribution in [0.4, 0.5) is 23.4 Å². The number of benzene rings is 2. The van der Waals surface area contributed by atoms with Crippen LogP contribution in [0.15, 0.2) is 42.9 Å². The van der Waals surface area contributed by atoms with Gasteiger partial charge in [0.1, 0.15) is 17.2 Å². The lowest BCUT2D eigenvalue weighted by Crippen LogP contribution is -2.35. The first-order valence-corrected chi connectivity index (χ1v) is 10.8. The molecule has 2 N–H and O–H groups in total.